The van der Waals surface area contributed by atoms with Gasteiger partial charge >= 0.3 is 0 Å². The summed E-state index contributed by atoms with van der Waals surface area (Å²) in [6.07, 6.45) is 3.18. The first-order valence-electron chi connectivity index (χ1n) is 8.53. The summed E-state index contributed by atoms with van der Waals surface area (Å²) >= 11 is 0. The van der Waals surface area contributed by atoms with Crippen molar-refractivity contribution in [3.8, 4) is 0 Å². The molecule has 24 heavy (non-hydrogen) atoms. The second-order valence-electron chi connectivity index (χ2n) is 6.23. The van der Waals surface area contributed by atoms with Crippen LogP contribution in [-0.2, 0) is 14.8 Å². The first-order valence-corrected chi connectivity index (χ1v) is 10.4. The zero-order chi connectivity index (χ0) is 18.3. The molecule has 0 aromatic heterocycles. The monoisotopic (exact) mass is 354 g/mol. The van der Waals surface area contributed by atoms with E-state index in [1.54, 1.807) is 6.07 Å². The molecular weight excluding hydrogens is 324 g/mol. The Balaban J connectivity index is 2.92. The van der Waals surface area contributed by atoms with E-state index in [9.17, 15) is 13.2 Å². The minimum Gasteiger partial charge on any atom is -0.343 e. The highest BCUT2D eigenvalue weighted by Gasteiger charge is 2.20. The Morgan fingerprint density at radius 1 is 1.00 bits per heavy atom. The molecule has 0 atom stereocenters. The molecule has 1 aromatic carbocycles. The maximum absolute atomic E-state index is 12.4. The number of hydrogen-bond acceptors (Lipinski definition) is 3. The highest BCUT2D eigenvalue weighted by Crippen LogP contribution is 2.21. The van der Waals surface area contributed by atoms with E-state index in [2.05, 4.69) is 0 Å². The van der Waals surface area contributed by atoms with Gasteiger partial charge in [0.25, 0.3) is 0 Å². The number of amides is 1. The standard InChI is InChI=1S/C18H30N2O3S/c1-6-11-19(12-7-2)18(21)10-13-20(24(5,22)23)17-9-8-15(3)16(4)14-17/h8-9,14H,6-7,10-13H2,1-5H3. The SMILES string of the molecule is CCCN(CCC)C(=O)CCN(c1ccc(C)c(C)c1)S(C)(=O)=O. The molecule has 5 nitrogen and oxygen atoms in total. The van der Waals surface area contributed by atoms with Crippen LogP contribution in [0, 0.1) is 13.8 Å². The molecule has 0 heterocycles. The van der Waals surface area contributed by atoms with Crippen molar-refractivity contribution in [1.29, 1.82) is 0 Å². The van der Waals surface area contributed by atoms with Crippen LogP contribution in [0.25, 0.3) is 0 Å². The highest BCUT2D eigenvalue weighted by atomic mass is 32.2. The van der Waals surface area contributed by atoms with Gasteiger partial charge in [-0.2, -0.15) is 0 Å². The van der Waals surface area contributed by atoms with Gasteiger partial charge in [0.05, 0.1) is 11.9 Å². The fourth-order valence-electron chi connectivity index (χ4n) is 2.62. The summed E-state index contributed by atoms with van der Waals surface area (Å²) in [5.74, 6) is 0.0104. The molecule has 1 rings (SSSR count). The first-order chi connectivity index (χ1) is 11.2. The fraction of sp³-hybridized carbons (Fsp3) is 0.611. The normalized spacial score (nSPS) is 11.4. The molecule has 0 saturated carbocycles. The average molecular weight is 355 g/mol. The summed E-state index contributed by atoms with van der Waals surface area (Å²) in [7, 11) is -3.43. The fourth-order valence-corrected chi connectivity index (χ4v) is 3.54. The summed E-state index contributed by atoms with van der Waals surface area (Å²) in [6, 6.07) is 5.56. The van der Waals surface area contributed by atoms with Crippen LogP contribution in [-0.4, -0.2) is 45.1 Å². The molecule has 1 aromatic rings. The zero-order valence-corrected chi connectivity index (χ0v) is 16.3. The van der Waals surface area contributed by atoms with Crippen LogP contribution in [0.3, 0.4) is 0 Å². The molecule has 0 N–H and O–H groups in total. The van der Waals surface area contributed by atoms with Crippen molar-refractivity contribution >= 4 is 21.6 Å². The van der Waals surface area contributed by atoms with E-state index in [4.69, 9.17) is 0 Å². The van der Waals surface area contributed by atoms with Crippen molar-refractivity contribution in [2.24, 2.45) is 0 Å². The number of anilines is 1. The zero-order valence-electron chi connectivity index (χ0n) is 15.5. The first kappa shape index (κ1) is 20.5. The van der Waals surface area contributed by atoms with Crippen LogP contribution >= 0.6 is 0 Å². The number of benzene rings is 1. The molecule has 0 spiro atoms. The third-order valence-corrected chi connectivity index (χ3v) is 5.24. The Labute approximate surface area is 146 Å². The van der Waals surface area contributed by atoms with E-state index >= 15 is 0 Å². The van der Waals surface area contributed by atoms with E-state index in [0.29, 0.717) is 5.69 Å². The number of carbonyl (C=O) groups is 1. The molecule has 0 saturated heterocycles. The number of aryl methyl sites for hydroxylation is 2. The quantitative estimate of drug-likeness (QED) is 0.685. The van der Waals surface area contributed by atoms with E-state index in [1.807, 2.05) is 44.7 Å². The summed E-state index contributed by atoms with van der Waals surface area (Å²) < 4.78 is 25.7. The molecule has 0 unspecified atom stereocenters. The van der Waals surface area contributed by atoms with E-state index in [1.165, 1.54) is 10.6 Å². The number of rotatable bonds is 9. The van der Waals surface area contributed by atoms with Crippen LogP contribution in [0.5, 0.6) is 0 Å². The Morgan fingerprint density at radius 3 is 2.04 bits per heavy atom. The van der Waals surface area contributed by atoms with Gasteiger partial charge in [-0.15, -0.1) is 0 Å². The van der Waals surface area contributed by atoms with Gasteiger partial charge < -0.3 is 4.90 Å². The maximum atomic E-state index is 12.4. The molecule has 136 valence electrons. The minimum absolute atomic E-state index is 0.0104. The number of carbonyl (C=O) groups excluding carboxylic acids is 1. The smallest absolute Gasteiger partial charge is 0.232 e. The van der Waals surface area contributed by atoms with Gasteiger partial charge in [0.1, 0.15) is 0 Å². The molecular formula is C18H30N2O3S. The van der Waals surface area contributed by atoms with Crippen molar-refractivity contribution in [1.82, 2.24) is 4.90 Å². The van der Waals surface area contributed by atoms with E-state index in [-0.39, 0.29) is 18.9 Å². The van der Waals surface area contributed by atoms with Crippen molar-refractivity contribution in [3.05, 3.63) is 29.3 Å². The summed E-state index contributed by atoms with van der Waals surface area (Å²) in [5.41, 5.74) is 2.76. The van der Waals surface area contributed by atoms with E-state index < -0.39 is 10.0 Å². The highest BCUT2D eigenvalue weighted by molar-refractivity contribution is 7.92. The van der Waals surface area contributed by atoms with Crippen LogP contribution in [0.4, 0.5) is 5.69 Å². The lowest BCUT2D eigenvalue weighted by Gasteiger charge is -2.26. The van der Waals surface area contributed by atoms with Gasteiger partial charge in [-0.3, -0.25) is 9.10 Å². The van der Waals surface area contributed by atoms with Gasteiger partial charge in [-0.25, -0.2) is 8.42 Å². The lowest BCUT2D eigenvalue weighted by molar-refractivity contribution is -0.131. The van der Waals surface area contributed by atoms with Crippen LogP contribution in [0.2, 0.25) is 0 Å². The summed E-state index contributed by atoms with van der Waals surface area (Å²) in [4.78, 5) is 14.2. The van der Waals surface area contributed by atoms with Crippen molar-refractivity contribution in [3.63, 3.8) is 0 Å². The second kappa shape index (κ2) is 9.06. The second-order valence-corrected chi connectivity index (χ2v) is 8.14. The molecule has 0 bridgehead atoms. The predicted octanol–water partition coefficient (Wildman–Crippen LogP) is 3.11. The van der Waals surface area contributed by atoms with Gasteiger partial charge in [-0.05, 0) is 49.9 Å². The third kappa shape index (κ3) is 5.82. The minimum atomic E-state index is -3.43. The Hall–Kier alpha value is -1.56. The van der Waals surface area contributed by atoms with Crippen LogP contribution in [0.1, 0.15) is 44.2 Å². The van der Waals surface area contributed by atoms with Crippen LogP contribution < -0.4 is 4.31 Å². The molecule has 0 aliphatic rings. The molecule has 0 fully saturated rings. The molecule has 0 aliphatic heterocycles. The van der Waals surface area contributed by atoms with Crippen LogP contribution in [0.15, 0.2) is 18.2 Å². The summed E-state index contributed by atoms with van der Waals surface area (Å²) in [6.45, 7) is 9.62. The Bertz CT molecular complexity index is 650. The maximum Gasteiger partial charge on any atom is 0.232 e. The molecule has 0 aliphatic carbocycles. The van der Waals surface area contributed by atoms with E-state index in [0.717, 1.165) is 37.1 Å². The Morgan fingerprint density at radius 2 is 1.58 bits per heavy atom. The van der Waals surface area contributed by atoms with Crippen molar-refractivity contribution in [2.45, 2.75) is 47.0 Å². The topological polar surface area (TPSA) is 57.7 Å². The number of hydrogen-bond donors (Lipinski definition) is 0. The number of sulfonamides is 1. The van der Waals surface area contributed by atoms with Crippen molar-refractivity contribution in [2.75, 3.05) is 30.2 Å². The van der Waals surface area contributed by atoms with Crippen molar-refractivity contribution < 1.29 is 13.2 Å². The van der Waals surface area contributed by atoms with Gasteiger partial charge in [0.15, 0.2) is 0 Å². The molecule has 1 amide bonds. The van der Waals surface area contributed by atoms with Gasteiger partial charge in [0, 0.05) is 26.1 Å². The summed E-state index contributed by atoms with van der Waals surface area (Å²) in [5, 5.41) is 0. The lowest BCUT2D eigenvalue weighted by atomic mass is 10.1. The lowest BCUT2D eigenvalue weighted by Crippen LogP contribution is -2.37. The third-order valence-electron chi connectivity index (χ3n) is 4.05. The van der Waals surface area contributed by atoms with Gasteiger partial charge in [0.2, 0.25) is 15.9 Å². The Kier molecular flexibility index (Phi) is 7.73. The predicted molar refractivity (Wildman–Crippen MR) is 99.9 cm³/mol. The number of nitrogens with zero attached hydrogens (tertiary/aromatic N) is 2. The largest absolute Gasteiger partial charge is 0.343 e. The molecule has 6 heteroatoms. The van der Waals surface area contributed by atoms with Gasteiger partial charge in [-0.1, -0.05) is 19.9 Å². The molecule has 0 radical (unpaired) electrons. The average Bonchev–Trinajstić information content (AvgIpc) is 2.49.